The lowest BCUT2D eigenvalue weighted by Crippen LogP contribution is -2.12. The van der Waals surface area contributed by atoms with Gasteiger partial charge in [0.15, 0.2) is 9.84 Å². The molecule has 0 radical (unpaired) electrons. The maximum Gasteiger partial charge on any atom is 0.175 e. The molecule has 0 saturated carbocycles. The molecule has 0 aliphatic heterocycles. The first kappa shape index (κ1) is 14.9. The summed E-state index contributed by atoms with van der Waals surface area (Å²) in [5.74, 6) is 0. The fourth-order valence-corrected chi connectivity index (χ4v) is 2.62. The summed E-state index contributed by atoms with van der Waals surface area (Å²) < 4.78 is 23.0. The van der Waals surface area contributed by atoms with Crippen LogP contribution in [0.4, 0.5) is 17.1 Å². The van der Waals surface area contributed by atoms with Crippen LogP contribution in [0.15, 0.2) is 47.4 Å². The van der Waals surface area contributed by atoms with Crippen molar-refractivity contribution in [3.63, 3.8) is 0 Å². The van der Waals surface area contributed by atoms with Crippen molar-refractivity contribution in [1.82, 2.24) is 0 Å². The summed E-state index contributed by atoms with van der Waals surface area (Å²) in [6.45, 7) is 0. The molecule has 0 fully saturated rings. The second kappa shape index (κ2) is 5.46. The Kier molecular flexibility index (Phi) is 3.87. The standard InChI is InChI=1S/C15H15N3O2S/c1-18(12-5-3-11(10-16)4-6-12)15-8-7-13(9-14(15)17)21(2,19)20/h3-9H,17H2,1-2H3. The van der Waals surface area contributed by atoms with Crippen LogP contribution in [0.3, 0.4) is 0 Å². The van der Waals surface area contributed by atoms with Crippen LogP contribution in [0, 0.1) is 11.3 Å². The van der Waals surface area contributed by atoms with E-state index in [1.165, 1.54) is 12.1 Å². The van der Waals surface area contributed by atoms with Gasteiger partial charge in [0.05, 0.1) is 27.9 Å². The van der Waals surface area contributed by atoms with Gasteiger partial charge in [-0.3, -0.25) is 0 Å². The number of hydrogen-bond donors (Lipinski definition) is 1. The van der Waals surface area contributed by atoms with E-state index in [0.717, 1.165) is 11.9 Å². The number of nitrogens with two attached hydrogens (primary N) is 1. The van der Waals surface area contributed by atoms with E-state index in [1.807, 2.05) is 24.1 Å². The highest BCUT2D eigenvalue weighted by atomic mass is 32.2. The second-order valence-corrected chi connectivity index (χ2v) is 6.73. The normalized spacial score (nSPS) is 10.9. The number of nitrogen functional groups attached to an aromatic ring is 1. The van der Waals surface area contributed by atoms with Gasteiger partial charge in [-0.05, 0) is 42.5 Å². The third kappa shape index (κ3) is 3.15. The molecule has 108 valence electrons. The first-order valence-corrected chi connectivity index (χ1v) is 8.05. The Bertz CT molecular complexity index is 806. The monoisotopic (exact) mass is 301 g/mol. The van der Waals surface area contributed by atoms with Crippen LogP contribution >= 0.6 is 0 Å². The SMILES string of the molecule is CN(c1ccc(C#N)cc1)c1ccc(S(C)(=O)=O)cc1N. The minimum atomic E-state index is -3.28. The van der Waals surface area contributed by atoms with Gasteiger partial charge in [0.2, 0.25) is 0 Å². The van der Waals surface area contributed by atoms with Crippen LogP contribution in [0.2, 0.25) is 0 Å². The minimum Gasteiger partial charge on any atom is -0.397 e. The molecule has 0 atom stereocenters. The maximum atomic E-state index is 11.5. The van der Waals surface area contributed by atoms with Crippen LogP contribution in [0.25, 0.3) is 0 Å². The molecule has 0 aliphatic rings. The second-order valence-electron chi connectivity index (χ2n) is 4.71. The zero-order valence-corrected chi connectivity index (χ0v) is 12.6. The number of anilines is 3. The van der Waals surface area contributed by atoms with E-state index in [9.17, 15) is 8.42 Å². The lowest BCUT2D eigenvalue weighted by atomic mass is 10.2. The summed E-state index contributed by atoms with van der Waals surface area (Å²) in [5.41, 5.74) is 8.47. The smallest absolute Gasteiger partial charge is 0.175 e. The van der Waals surface area contributed by atoms with E-state index in [-0.39, 0.29) is 4.90 Å². The number of nitriles is 1. The van der Waals surface area contributed by atoms with Crippen LogP contribution < -0.4 is 10.6 Å². The quantitative estimate of drug-likeness (QED) is 0.879. The third-order valence-corrected chi connectivity index (χ3v) is 4.28. The molecule has 0 aromatic heterocycles. The molecule has 0 aliphatic carbocycles. The van der Waals surface area contributed by atoms with Crippen molar-refractivity contribution in [2.45, 2.75) is 4.90 Å². The lowest BCUT2D eigenvalue weighted by molar-refractivity contribution is 0.602. The Morgan fingerprint density at radius 2 is 1.76 bits per heavy atom. The third-order valence-electron chi connectivity index (χ3n) is 3.17. The number of hydrogen-bond acceptors (Lipinski definition) is 5. The highest BCUT2D eigenvalue weighted by Gasteiger charge is 2.12. The number of sulfone groups is 1. The molecule has 0 unspecified atom stereocenters. The lowest BCUT2D eigenvalue weighted by Gasteiger charge is -2.21. The molecule has 6 heteroatoms. The predicted molar refractivity (Wildman–Crippen MR) is 83.2 cm³/mol. The van der Waals surface area contributed by atoms with Crippen molar-refractivity contribution >= 4 is 26.9 Å². The van der Waals surface area contributed by atoms with Crippen LogP contribution in [-0.2, 0) is 9.84 Å². The van der Waals surface area contributed by atoms with Crippen molar-refractivity contribution < 1.29 is 8.42 Å². The maximum absolute atomic E-state index is 11.5. The van der Waals surface area contributed by atoms with Gasteiger partial charge in [-0.25, -0.2) is 8.42 Å². The van der Waals surface area contributed by atoms with E-state index in [4.69, 9.17) is 11.0 Å². The number of benzene rings is 2. The minimum absolute atomic E-state index is 0.192. The Labute approximate surface area is 124 Å². The van der Waals surface area contributed by atoms with E-state index < -0.39 is 9.84 Å². The zero-order valence-electron chi connectivity index (χ0n) is 11.7. The van der Waals surface area contributed by atoms with Gasteiger partial charge in [0.1, 0.15) is 0 Å². The molecular weight excluding hydrogens is 286 g/mol. The summed E-state index contributed by atoms with van der Waals surface area (Å²) in [7, 11) is -1.45. The molecule has 0 amide bonds. The van der Waals surface area contributed by atoms with Gasteiger partial charge in [-0.15, -0.1) is 0 Å². The molecule has 5 nitrogen and oxygen atoms in total. The van der Waals surface area contributed by atoms with Crippen molar-refractivity contribution in [2.75, 3.05) is 23.9 Å². The average Bonchev–Trinajstić information content (AvgIpc) is 2.45. The first-order valence-electron chi connectivity index (χ1n) is 6.16. The van der Waals surface area contributed by atoms with Gasteiger partial charge in [-0.2, -0.15) is 5.26 Å². The van der Waals surface area contributed by atoms with Gasteiger partial charge >= 0.3 is 0 Å². The predicted octanol–water partition coefficient (Wildman–Crippen LogP) is 2.31. The van der Waals surface area contributed by atoms with Gasteiger partial charge < -0.3 is 10.6 Å². The highest BCUT2D eigenvalue weighted by Crippen LogP contribution is 2.30. The molecule has 21 heavy (non-hydrogen) atoms. The van der Waals surface area contributed by atoms with Crippen molar-refractivity contribution in [3.05, 3.63) is 48.0 Å². The molecule has 0 heterocycles. The zero-order chi connectivity index (χ0) is 15.6. The molecule has 2 N–H and O–H groups in total. The van der Waals surface area contributed by atoms with Crippen LogP contribution in [0.1, 0.15) is 5.56 Å². The van der Waals surface area contributed by atoms with E-state index in [2.05, 4.69) is 6.07 Å². The van der Waals surface area contributed by atoms with E-state index >= 15 is 0 Å². The Morgan fingerprint density at radius 3 is 2.24 bits per heavy atom. The Morgan fingerprint density at radius 1 is 1.14 bits per heavy atom. The van der Waals surface area contributed by atoms with Crippen LogP contribution in [-0.4, -0.2) is 21.7 Å². The molecular formula is C15H15N3O2S. The Balaban J connectivity index is 2.39. The number of rotatable bonds is 3. The molecule has 0 spiro atoms. The van der Waals surface area contributed by atoms with Gasteiger partial charge in [0.25, 0.3) is 0 Å². The molecule has 0 bridgehead atoms. The van der Waals surface area contributed by atoms with Crippen molar-refractivity contribution in [2.24, 2.45) is 0 Å². The fraction of sp³-hybridized carbons (Fsp3) is 0.133. The number of nitrogens with zero attached hydrogens (tertiary/aromatic N) is 2. The molecule has 0 saturated heterocycles. The van der Waals surface area contributed by atoms with Gasteiger partial charge in [0, 0.05) is 19.0 Å². The largest absolute Gasteiger partial charge is 0.397 e. The molecule has 2 rings (SSSR count). The summed E-state index contributed by atoms with van der Waals surface area (Å²) >= 11 is 0. The molecule has 2 aromatic carbocycles. The summed E-state index contributed by atoms with van der Waals surface area (Å²) in [4.78, 5) is 2.03. The van der Waals surface area contributed by atoms with E-state index in [1.54, 1.807) is 18.2 Å². The van der Waals surface area contributed by atoms with Crippen LogP contribution in [0.5, 0.6) is 0 Å². The van der Waals surface area contributed by atoms with E-state index in [0.29, 0.717) is 16.9 Å². The fourth-order valence-electron chi connectivity index (χ4n) is 1.97. The summed E-state index contributed by atoms with van der Waals surface area (Å²) in [6, 6.07) is 13.8. The molecule has 2 aromatic rings. The topological polar surface area (TPSA) is 87.2 Å². The Hall–Kier alpha value is -2.52. The van der Waals surface area contributed by atoms with Crippen molar-refractivity contribution in [3.8, 4) is 6.07 Å². The summed E-state index contributed by atoms with van der Waals surface area (Å²) in [5, 5.41) is 8.79. The van der Waals surface area contributed by atoms with Crippen molar-refractivity contribution in [1.29, 1.82) is 5.26 Å². The average molecular weight is 301 g/mol. The first-order chi connectivity index (χ1) is 9.82. The highest BCUT2D eigenvalue weighted by molar-refractivity contribution is 7.90. The van der Waals surface area contributed by atoms with Gasteiger partial charge in [-0.1, -0.05) is 0 Å². The summed E-state index contributed by atoms with van der Waals surface area (Å²) in [6.07, 6.45) is 1.14.